The van der Waals surface area contributed by atoms with Crippen LogP contribution in [0.25, 0.3) is 0 Å². The van der Waals surface area contributed by atoms with E-state index >= 15 is 0 Å². The summed E-state index contributed by atoms with van der Waals surface area (Å²) in [5, 5.41) is 21.6. The molecule has 0 bridgehead atoms. The second kappa shape index (κ2) is 7.28. The molecule has 21 heavy (non-hydrogen) atoms. The lowest BCUT2D eigenvalue weighted by Gasteiger charge is -2.24. The van der Waals surface area contributed by atoms with Gasteiger partial charge in [-0.05, 0) is 24.6 Å². The molecule has 0 aliphatic carbocycles. The normalized spacial score (nSPS) is 13.3. The molecule has 116 valence electrons. The number of hydrogen-bond acceptors (Lipinski definition) is 3. The van der Waals surface area contributed by atoms with Gasteiger partial charge >= 0.3 is 12.0 Å². The highest BCUT2D eigenvalue weighted by atomic mass is 35.5. The van der Waals surface area contributed by atoms with Crippen LogP contribution >= 0.6 is 11.6 Å². The first-order valence-electron chi connectivity index (χ1n) is 6.37. The molecule has 1 aromatic rings. The summed E-state index contributed by atoms with van der Waals surface area (Å²) >= 11 is 5.87. The van der Waals surface area contributed by atoms with E-state index in [4.69, 9.17) is 16.7 Å². The number of carbonyl (C=O) groups excluding carboxylic acids is 1. The van der Waals surface area contributed by atoms with Crippen molar-refractivity contribution >= 4 is 23.6 Å². The van der Waals surface area contributed by atoms with Gasteiger partial charge in [-0.2, -0.15) is 0 Å². The molecule has 0 radical (unpaired) electrons. The number of nitrogens with zero attached hydrogens (tertiary/aromatic N) is 1. The van der Waals surface area contributed by atoms with Crippen LogP contribution < -0.4 is 5.32 Å². The fourth-order valence-corrected chi connectivity index (χ4v) is 1.98. The largest absolute Gasteiger partial charge is 0.481 e. The Morgan fingerprint density at radius 3 is 2.67 bits per heavy atom. The van der Waals surface area contributed by atoms with Crippen LogP contribution in [0.4, 0.5) is 4.79 Å². The van der Waals surface area contributed by atoms with Crippen molar-refractivity contribution in [1.82, 2.24) is 10.2 Å². The topological polar surface area (TPSA) is 89.9 Å². The fourth-order valence-electron chi connectivity index (χ4n) is 1.77. The maximum Gasteiger partial charge on any atom is 0.317 e. The minimum atomic E-state index is -1.49. The highest BCUT2D eigenvalue weighted by molar-refractivity contribution is 6.30. The van der Waals surface area contributed by atoms with E-state index in [0.29, 0.717) is 11.6 Å². The van der Waals surface area contributed by atoms with Crippen molar-refractivity contribution in [2.24, 2.45) is 0 Å². The molecule has 0 spiro atoms. The van der Waals surface area contributed by atoms with Crippen LogP contribution in [0.1, 0.15) is 18.9 Å². The number of amides is 2. The van der Waals surface area contributed by atoms with Crippen LogP contribution in [0.5, 0.6) is 0 Å². The van der Waals surface area contributed by atoms with E-state index in [1.165, 1.54) is 11.8 Å². The van der Waals surface area contributed by atoms with Crippen molar-refractivity contribution in [3.63, 3.8) is 0 Å². The minimum absolute atomic E-state index is 0.141. The predicted octanol–water partition coefficient (Wildman–Crippen LogP) is 1.71. The summed E-state index contributed by atoms with van der Waals surface area (Å²) in [6.07, 6.45) is -0.439. The van der Waals surface area contributed by atoms with Gasteiger partial charge in [-0.15, -0.1) is 0 Å². The van der Waals surface area contributed by atoms with Crippen LogP contribution in [-0.2, 0) is 11.3 Å². The molecular weight excluding hydrogens is 296 g/mol. The van der Waals surface area contributed by atoms with Crippen LogP contribution in [0, 0.1) is 0 Å². The molecule has 0 fully saturated rings. The zero-order valence-electron chi connectivity index (χ0n) is 12.0. The van der Waals surface area contributed by atoms with Gasteiger partial charge in [-0.3, -0.25) is 4.79 Å². The first-order chi connectivity index (χ1) is 9.69. The number of carboxylic acid groups (broad SMARTS) is 1. The average molecular weight is 315 g/mol. The van der Waals surface area contributed by atoms with E-state index in [2.05, 4.69) is 5.32 Å². The zero-order chi connectivity index (χ0) is 16.0. The van der Waals surface area contributed by atoms with Crippen molar-refractivity contribution in [1.29, 1.82) is 0 Å². The minimum Gasteiger partial charge on any atom is -0.481 e. The van der Waals surface area contributed by atoms with E-state index in [0.717, 1.165) is 5.56 Å². The van der Waals surface area contributed by atoms with Gasteiger partial charge in [0.1, 0.15) is 0 Å². The van der Waals surface area contributed by atoms with E-state index in [1.807, 2.05) is 6.07 Å². The first kappa shape index (κ1) is 17.3. The number of aliphatic hydroxyl groups is 1. The number of nitrogens with one attached hydrogen (secondary N) is 1. The number of carboxylic acids is 1. The van der Waals surface area contributed by atoms with Crippen LogP contribution in [0.3, 0.4) is 0 Å². The Morgan fingerprint density at radius 2 is 2.10 bits per heavy atom. The molecule has 0 aliphatic heterocycles. The molecule has 2 amide bonds. The van der Waals surface area contributed by atoms with Crippen molar-refractivity contribution in [3.05, 3.63) is 34.9 Å². The standard InChI is InChI=1S/C14H19ClN2O4/c1-14(21,7-12(18)19)9-16-13(20)17(2)8-10-4-3-5-11(15)6-10/h3-6,21H,7-9H2,1-2H3,(H,16,20)(H,18,19). The molecule has 1 unspecified atom stereocenters. The highest BCUT2D eigenvalue weighted by Gasteiger charge is 2.25. The molecular formula is C14H19ClN2O4. The number of halogens is 1. The van der Waals surface area contributed by atoms with E-state index in [9.17, 15) is 14.7 Å². The quantitative estimate of drug-likeness (QED) is 0.745. The number of urea groups is 1. The van der Waals surface area contributed by atoms with Crippen LogP contribution in [0.2, 0.25) is 5.02 Å². The van der Waals surface area contributed by atoms with Crippen LogP contribution in [-0.4, -0.2) is 46.3 Å². The lowest BCUT2D eigenvalue weighted by molar-refractivity contribution is -0.141. The predicted molar refractivity (Wildman–Crippen MR) is 79.2 cm³/mol. The van der Waals surface area contributed by atoms with Gasteiger partial charge in [0.05, 0.1) is 12.0 Å². The van der Waals surface area contributed by atoms with Gasteiger partial charge in [-0.25, -0.2) is 4.79 Å². The Hall–Kier alpha value is -1.79. The van der Waals surface area contributed by atoms with Gasteiger partial charge in [0, 0.05) is 25.2 Å². The number of hydrogen-bond donors (Lipinski definition) is 3. The third kappa shape index (κ3) is 6.46. The molecule has 0 saturated carbocycles. The summed E-state index contributed by atoms with van der Waals surface area (Å²) in [7, 11) is 1.60. The molecule has 0 aromatic heterocycles. The van der Waals surface area contributed by atoms with Crippen molar-refractivity contribution in [2.45, 2.75) is 25.5 Å². The van der Waals surface area contributed by atoms with E-state index < -0.39 is 24.0 Å². The second-order valence-corrected chi connectivity index (χ2v) is 5.65. The maximum atomic E-state index is 11.9. The molecule has 6 nitrogen and oxygen atoms in total. The molecule has 0 aliphatic rings. The molecule has 0 heterocycles. The zero-order valence-corrected chi connectivity index (χ0v) is 12.7. The molecule has 3 N–H and O–H groups in total. The number of carbonyl (C=O) groups is 2. The van der Waals surface area contributed by atoms with Gasteiger partial charge in [0.15, 0.2) is 0 Å². The van der Waals surface area contributed by atoms with Crippen LogP contribution in [0.15, 0.2) is 24.3 Å². The lowest BCUT2D eigenvalue weighted by atomic mass is 10.0. The number of rotatable bonds is 6. The molecule has 1 atom stereocenters. The van der Waals surface area contributed by atoms with E-state index in [-0.39, 0.29) is 6.54 Å². The summed E-state index contributed by atoms with van der Waals surface area (Å²) in [5.74, 6) is -1.12. The Bertz CT molecular complexity index is 519. The summed E-state index contributed by atoms with van der Waals surface area (Å²) in [4.78, 5) is 23.9. The third-order valence-electron chi connectivity index (χ3n) is 2.81. The van der Waals surface area contributed by atoms with Gasteiger partial charge in [0.2, 0.25) is 0 Å². The Labute approximate surface area is 128 Å². The SMILES string of the molecule is CN(Cc1cccc(Cl)c1)C(=O)NCC(C)(O)CC(=O)O. The average Bonchev–Trinajstić information content (AvgIpc) is 2.34. The third-order valence-corrected chi connectivity index (χ3v) is 3.04. The lowest BCUT2D eigenvalue weighted by Crippen LogP contribution is -2.46. The highest BCUT2D eigenvalue weighted by Crippen LogP contribution is 2.12. The first-order valence-corrected chi connectivity index (χ1v) is 6.75. The fraction of sp³-hybridized carbons (Fsp3) is 0.429. The molecule has 0 saturated heterocycles. The van der Waals surface area contributed by atoms with Gasteiger partial charge in [-0.1, -0.05) is 23.7 Å². The number of aliphatic carboxylic acids is 1. The van der Waals surface area contributed by atoms with Crippen molar-refractivity contribution in [2.75, 3.05) is 13.6 Å². The Balaban J connectivity index is 2.50. The Morgan fingerprint density at radius 1 is 1.43 bits per heavy atom. The number of benzene rings is 1. The molecule has 1 aromatic carbocycles. The summed E-state index contributed by atoms with van der Waals surface area (Å²) in [6, 6.07) is 6.73. The van der Waals surface area contributed by atoms with Gasteiger partial charge in [0.25, 0.3) is 0 Å². The summed E-state index contributed by atoms with van der Waals surface area (Å²) < 4.78 is 0. The van der Waals surface area contributed by atoms with Crippen molar-refractivity contribution in [3.8, 4) is 0 Å². The monoisotopic (exact) mass is 314 g/mol. The Kier molecular flexibility index (Phi) is 5.99. The second-order valence-electron chi connectivity index (χ2n) is 5.21. The summed E-state index contributed by atoms with van der Waals surface area (Å²) in [6.45, 7) is 1.57. The van der Waals surface area contributed by atoms with E-state index in [1.54, 1.807) is 25.2 Å². The smallest absolute Gasteiger partial charge is 0.317 e. The van der Waals surface area contributed by atoms with Crippen molar-refractivity contribution < 1.29 is 19.8 Å². The molecule has 7 heteroatoms. The summed E-state index contributed by atoms with van der Waals surface area (Å²) in [5.41, 5.74) is -0.615. The van der Waals surface area contributed by atoms with Gasteiger partial charge < -0.3 is 20.4 Å². The molecule has 1 rings (SSSR count). The maximum absolute atomic E-state index is 11.9.